The van der Waals surface area contributed by atoms with Gasteiger partial charge in [0.15, 0.2) is 0 Å². The van der Waals surface area contributed by atoms with Gasteiger partial charge >= 0.3 is 0 Å². The molecule has 0 heterocycles. The fraction of sp³-hybridized carbons (Fsp3) is 0.333. The van der Waals surface area contributed by atoms with E-state index in [4.69, 9.17) is 0 Å². The molecule has 130 valence electrons. The second-order valence-corrected chi connectivity index (χ2v) is 6.60. The summed E-state index contributed by atoms with van der Waals surface area (Å²) in [4.78, 5) is 0. The summed E-state index contributed by atoms with van der Waals surface area (Å²) in [5.41, 5.74) is 3.50. The molecule has 0 radical (unpaired) electrons. The average Bonchev–Trinajstić information content (AvgIpc) is 2.62. The largest absolute Gasteiger partial charge is 0.393 e. The molecule has 1 N–H and O–H groups in total. The van der Waals surface area contributed by atoms with Gasteiger partial charge in [0.05, 0.1) is 6.10 Å². The minimum Gasteiger partial charge on any atom is -0.393 e. The summed E-state index contributed by atoms with van der Waals surface area (Å²) in [5.74, 6) is 6.85. The topological polar surface area (TPSA) is 20.2 Å². The molecular weight excluding hydrogens is 304 g/mol. The van der Waals surface area contributed by atoms with Gasteiger partial charge < -0.3 is 5.11 Å². The van der Waals surface area contributed by atoms with E-state index in [1.165, 1.54) is 11.1 Å². The molecule has 2 rings (SSSR count). The smallest absolute Gasteiger partial charge is 0.0577 e. The lowest BCUT2D eigenvalue weighted by atomic mass is 9.93. The van der Waals surface area contributed by atoms with Crippen LogP contribution >= 0.6 is 0 Å². The van der Waals surface area contributed by atoms with Crippen LogP contribution in [0.25, 0.3) is 6.08 Å². The Labute approximate surface area is 152 Å². The molecule has 0 fully saturated rings. The first-order chi connectivity index (χ1) is 12.2. The maximum atomic E-state index is 10.2. The molecule has 0 aromatic heterocycles. The highest BCUT2D eigenvalue weighted by Crippen LogP contribution is 2.21. The molecule has 0 saturated carbocycles. The van der Waals surface area contributed by atoms with Crippen molar-refractivity contribution in [3.05, 3.63) is 77.4 Å². The fourth-order valence-electron chi connectivity index (χ4n) is 2.90. The van der Waals surface area contributed by atoms with E-state index >= 15 is 0 Å². The molecule has 0 unspecified atom stereocenters. The van der Waals surface area contributed by atoms with Gasteiger partial charge in [-0.2, -0.15) is 0 Å². The minimum atomic E-state index is -0.269. The van der Waals surface area contributed by atoms with Crippen molar-refractivity contribution in [2.24, 2.45) is 5.92 Å². The standard InChI is InChI=1S/C24H28O/c1-3-10-24(25)19-23(18-22-13-8-5-9-14-22)17-20(2)15-16-21-11-6-4-7-12-21/h4-9,11-14,18,20,24-25H,3,10,17,19H2,1-2H3/b23-18-/t20-,24+/m0/s1. The Morgan fingerprint density at radius 1 is 1.00 bits per heavy atom. The zero-order chi connectivity index (χ0) is 17.9. The molecule has 0 spiro atoms. The van der Waals surface area contributed by atoms with Crippen LogP contribution < -0.4 is 0 Å². The van der Waals surface area contributed by atoms with Gasteiger partial charge in [0, 0.05) is 11.5 Å². The van der Waals surface area contributed by atoms with E-state index in [2.05, 4.69) is 43.9 Å². The summed E-state index contributed by atoms with van der Waals surface area (Å²) in [6.07, 6.45) is 5.39. The van der Waals surface area contributed by atoms with E-state index in [0.717, 1.165) is 31.2 Å². The van der Waals surface area contributed by atoms with Crippen molar-refractivity contribution in [3.8, 4) is 11.8 Å². The predicted octanol–water partition coefficient (Wildman–Crippen LogP) is 5.70. The molecule has 25 heavy (non-hydrogen) atoms. The number of benzene rings is 2. The summed E-state index contributed by atoms with van der Waals surface area (Å²) < 4.78 is 0. The van der Waals surface area contributed by atoms with E-state index in [1.807, 2.05) is 48.5 Å². The third kappa shape index (κ3) is 7.42. The van der Waals surface area contributed by atoms with Crippen LogP contribution in [0.4, 0.5) is 0 Å². The number of aliphatic hydroxyl groups excluding tert-OH is 1. The first-order valence-electron chi connectivity index (χ1n) is 9.16. The van der Waals surface area contributed by atoms with Crippen molar-refractivity contribution in [2.45, 2.75) is 45.6 Å². The minimum absolute atomic E-state index is 0.254. The lowest BCUT2D eigenvalue weighted by Gasteiger charge is -2.15. The summed E-state index contributed by atoms with van der Waals surface area (Å²) in [6.45, 7) is 4.26. The highest BCUT2D eigenvalue weighted by Gasteiger charge is 2.10. The molecule has 1 nitrogen and oxygen atoms in total. The Morgan fingerprint density at radius 3 is 2.28 bits per heavy atom. The van der Waals surface area contributed by atoms with Crippen LogP contribution in [0.5, 0.6) is 0 Å². The van der Waals surface area contributed by atoms with Crippen LogP contribution in [0, 0.1) is 17.8 Å². The summed E-state index contributed by atoms with van der Waals surface area (Å²) in [5, 5.41) is 10.2. The zero-order valence-electron chi connectivity index (χ0n) is 15.3. The Bertz CT molecular complexity index is 704. The summed E-state index contributed by atoms with van der Waals surface area (Å²) in [7, 11) is 0. The Kier molecular flexibility index (Phi) is 8.02. The van der Waals surface area contributed by atoms with E-state index in [0.29, 0.717) is 0 Å². The molecule has 1 heteroatoms. The lowest BCUT2D eigenvalue weighted by molar-refractivity contribution is 0.162. The van der Waals surface area contributed by atoms with Crippen LogP contribution in [-0.2, 0) is 0 Å². The number of hydrogen-bond acceptors (Lipinski definition) is 1. The van der Waals surface area contributed by atoms with Crippen molar-refractivity contribution in [2.75, 3.05) is 0 Å². The highest BCUT2D eigenvalue weighted by molar-refractivity contribution is 5.53. The molecule has 2 aromatic rings. The quantitative estimate of drug-likeness (QED) is 0.645. The zero-order valence-corrected chi connectivity index (χ0v) is 15.3. The number of hydrogen-bond donors (Lipinski definition) is 1. The van der Waals surface area contributed by atoms with E-state index in [-0.39, 0.29) is 12.0 Å². The normalized spacial score (nSPS) is 13.6. The van der Waals surface area contributed by atoms with Crippen molar-refractivity contribution >= 4 is 6.08 Å². The highest BCUT2D eigenvalue weighted by atomic mass is 16.3. The van der Waals surface area contributed by atoms with E-state index < -0.39 is 0 Å². The third-order valence-electron chi connectivity index (χ3n) is 4.10. The van der Waals surface area contributed by atoms with Crippen molar-refractivity contribution in [3.63, 3.8) is 0 Å². The maximum absolute atomic E-state index is 10.2. The van der Waals surface area contributed by atoms with Crippen LogP contribution in [0.1, 0.15) is 50.7 Å². The van der Waals surface area contributed by atoms with E-state index in [1.54, 1.807) is 0 Å². The van der Waals surface area contributed by atoms with Gasteiger partial charge in [-0.1, -0.05) is 92.3 Å². The van der Waals surface area contributed by atoms with Gasteiger partial charge in [0.25, 0.3) is 0 Å². The van der Waals surface area contributed by atoms with Crippen molar-refractivity contribution < 1.29 is 5.11 Å². The second kappa shape index (κ2) is 10.5. The molecule has 0 amide bonds. The van der Waals surface area contributed by atoms with Crippen molar-refractivity contribution in [1.29, 1.82) is 0 Å². The van der Waals surface area contributed by atoms with Gasteiger partial charge in [0.1, 0.15) is 0 Å². The molecule has 0 aliphatic carbocycles. The molecule has 2 aromatic carbocycles. The van der Waals surface area contributed by atoms with Gasteiger partial charge in [-0.05, 0) is 37.0 Å². The fourth-order valence-corrected chi connectivity index (χ4v) is 2.90. The first-order valence-corrected chi connectivity index (χ1v) is 9.16. The predicted molar refractivity (Wildman–Crippen MR) is 107 cm³/mol. The lowest BCUT2D eigenvalue weighted by Crippen LogP contribution is -2.08. The monoisotopic (exact) mass is 332 g/mol. The van der Waals surface area contributed by atoms with Crippen LogP contribution in [0.3, 0.4) is 0 Å². The number of rotatable bonds is 7. The maximum Gasteiger partial charge on any atom is 0.0577 e. The van der Waals surface area contributed by atoms with Crippen molar-refractivity contribution in [1.82, 2.24) is 0 Å². The van der Waals surface area contributed by atoms with Crippen LogP contribution in [0.2, 0.25) is 0 Å². The SMILES string of the molecule is CCC[C@@H](O)C/C(=C\c1ccccc1)C[C@@H](C)C#Cc1ccccc1. The summed E-state index contributed by atoms with van der Waals surface area (Å²) >= 11 is 0. The van der Waals surface area contributed by atoms with Gasteiger partial charge in [-0.25, -0.2) is 0 Å². The Hall–Kier alpha value is -2.30. The first kappa shape index (κ1) is 19.0. The molecule has 0 bridgehead atoms. The summed E-state index contributed by atoms with van der Waals surface area (Å²) in [6, 6.07) is 20.4. The Balaban J connectivity index is 2.09. The Morgan fingerprint density at radius 2 is 1.64 bits per heavy atom. The molecule has 0 aliphatic rings. The van der Waals surface area contributed by atoms with Crippen LogP contribution in [-0.4, -0.2) is 11.2 Å². The van der Waals surface area contributed by atoms with Gasteiger partial charge in [0.2, 0.25) is 0 Å². The van der Waals surface area contributed by atoms with Gasteiger partial charge in [-0.3, -0.25) is 0 Å². The number of aliphatic hydroxyl groups is 1. The van der Waals surface area contributed by atoms with E-state index in [9.17, 15) is 5.11 Å². The van der Waals surface area contributed by atoms with Gasteiger partial charge in [-0.15, -0.1) is 0 Å². The molecule has 2 atom stereocenters. The third-order valence-corrected chi connectivity index (χ3v) is 4.10. The second-order valence-electron chi connectivity index (χ2n) is 6.60. The average molecular weight is 332 g/mol. The van der Waals surface area contributed by atoms with Crippen LogP contribution in [0.15, 0.2) is 66.2 Å². The molecule has 0 aliphatic heterocycles. The molecular formula is C24H28O. The molecule has 0 saturated heterocycles.